The summed E-state index contributed by atoms with van der Waals surface area (Å²) in [6.45, 7) is 4.50. The summed E-state index contributed by atoms with van der Waals surface area (Å²) in [5.41, 5.74) is 1.59. The highest BCUT2D eigenvalue weighted by Gasteiger charge is 2.25. The van der Waals surface area contributed by atoms with Gasteiger partial charge in [0, 0.05) is 18.5 Å². The lowest BCUT2D eigenvalue weighted by Gasteiger charge is -2.22. The van der Waals surface area contributed by atoms with Crippen molar-refractivity contribution in [3.05, 3.63) is 65.7 Å². The number of benzene rings is 2. The lowest BCUT2D eigenvalue weighted by atomic mass is 10.0. The van der Waals surface area contributed by atoms with Gasteiger partial charge in [-0.15, -0.1) is 10.2 Å². The van der Waals surface area contributed by atoms with Crippen molar-refractivity contribution in [3.8, 4) is 11.4 Å². The van der Waals surface area contributed by atoms with E-state index in [0.717, 1.165) is 43.6 Å². The highest BCUT2D eigenvalue weighted by atomic mass is 19.1. The molecule has 8 heteroatoms. The van der Waals surface area contributed by atoms with Crippen molar-refractivity contribution in [1.29, 1.82) is 0 Å². The maximum Gasteiger partial charge on any atom is 0.247 e. The molecule has 2 heterocycles. The van der Waals surface area contributed by atoms with Gasteiger partial charge in [-0.05, 0) is 42.5 Å². The molecule has 0 saturated carbocycles. The van der Waals surface area contributed by atoms with Gasteiger partial charge in [0.05, 0.1) is 12.1 Å². The Kier molecular flexibility index (Phi) is 7.35. The summed E-state index contributed by atoms with van der Waals surface area (Å²) in [5.74, 6) is 0.143. The van der Waals surface area contributed by atoms with Gasteiger partial charge in [0.25, 0.3) is 0 Å². The largest absolute Gasteiger partial charge is 0.344 e. The maximum absolute atomic E-state index is 14.6. The van der Waals surface area contributed by atoms with E-state index in [9.17, 15) is 14.0 Å². The molecule has 0 fully saturated rings. The molecule has 1 aliphatic rings. The Labute approximate surface area is 198 Å². The van der Waals surface area contributed by atoms with E-state index in [1.807, 2.05) is 44.2 Å². The number of aryl methyl sites for hydroxylation is 1. The van der Waals surface area contributed by atoms with Crippen LogP contribution in [-0.2, 0) is 29.0 Å². The van der Waals surface area contributed by atoms with Gasteiger partial charge in [-0.2, -0.15) is 0 Å². The molecule has 2 N–H and O–H groups in total. The van der Waals surface area contributed by atoms with Crippen LogP contribution in [-0.4, -0.2) is 32.6 Å². The second-order valence-corrected chi connectivity index (χ2v) is 9.04. The minimum absolute atomic E-state index is 0.0523. The first-order valence-corrected chi connectivity index (χ1v) is 11.8. The third kappa shape index (κ3) is 5.50. The number of amides is 2. The predicted octanol–water partition coefficient (Wildman–Crippen LogP) is 4.13. The number of hydrogen-bond donors (Lipinski definition) is 2. The number of aromatic nitrogens is 3. The van der Waals surface area contributed by atoms with E-state index in [2.05, 4.69) is 25.4 Å². The third-order valence-electron chi connectivity index (χ3n) is 6.07. The number of nitrogens with zero attached hydrogens (tertiary/aromatic N) is 3. The minimum Gasteiger partial charge on any atom is -0.344 e. The smallest absolute Gasteiger partial charge is 0.247 e. The van der Waals surface area contributed by atoms with Crippen LogP contribution in [0.25, 0.3) is 11.4 Å². The van der Waals surface area contributed by atoms with Gasteiger partial charge in [0.15, 0.2) is 5.82 Å². The van der Waals surface area contributed by atoms with E-state index in [0.29, 0.717) is 11.4 Å². The molecule has 2 aromatic carbocycles. The Morgan fingerprint density at radius 2 is 1.85 bits per heavy atom. The summed E-state index contributed by atoms with van der Waals surface area (Å²) in [6, 6.07) is 13.1. The standard InChI is InChI=1S/C26H30FN5O2/c1-17(2)24(29-23(33)15-18-9-5-3-6-10-18)26(34)28-21-16-19(12-13-20(21)27)25-31-30-22-11-7-4-8-14-32(22)25/h3,5-6,9-10,12-13,16-17,24H,4,7-8,11,14-15H2,1-2H3,(H,28,34)(H,29,33). The fraction of sp³-hybridized carbons (Fsp3) is 0.385. The molecule has 7 nitrogen and oxygen atoms in total. The average Bonchev–Trinajstić information content (AvgIpc) is 3.07. The highest BCUT2D eigenvalue weighted by Crippen LogP contribution is 2.27. The second-order valence-electron chi connectivity index (χ2n) is 9.04. The van der Waals surface area contributed by atoms with E-state index in [1.54, 1.807) is 12.1 Å². The van der Waals surface area contributed by atoms with Crippen molar-refractivity contribution >= 4 is 17.5 Å². The molecule has 0 spiro atoms. The molecule has 1 unspecified atom stereocenters. The number of fused-ring (bicyclic) bond motifs is 1. The lowest BCUT2D eigenvalue weighted by Crippen LogP contribution is -2.47. The van der Waals surface area contributed by atoms with Crippen LogP contribution in [0.4, 0.5) is 10.1 Å². The van der Waals surface area contributed by atoms with Crippen LogP contribution >= 0.6 is 0 Å². The molecular formula is C26H30FN5O2. The molecule has 1 atom stereocenters. The molecule has 178 valence electrons. The summed E-state index contributed by atoms with van der Waals surface area (Å²) < 4.78 is 16.7. The normalized spacial score (nSPS) is 14.2. The fourth-order valence-electron chi connectivity index (χ4n) is 4.21. The SMILES string of the molecule is CC(C)C(NC(=O)Cc1ccccc1)C(=O)Nc1cc(-c2nnc3n2CCCCC3)ccc1F. The summed E-state index contributed by atoms with van der Waals surface area (Å²) in [4.78, 5) is 25.6. The van der Waals surface area contributed by atoms with Gasteiger partial charge in [-0.25, -0.2) is 4.39 Å². The Balaban J connectivity index is 1.50. The average molecular weight is 464 g/mol. The lowest BCUT2D eigenvalue weighted by molar-refractivity contribution is -0.127. The van der Waals surface area contributed by atoms with Crippen LogP contribution in [0.15, 0.2) is 48.5 Å². The molecule has 34 heavy (non-hydrogen) atoms. The Morgan fingerprint density at radius 1 is 1.06 bits per heavy atom. The molecule has 0 saturated heterocycles. The fourth-order valence-corrected chi connectivity index (χ4v) is 4.21. The Hall–Kier alpha value is -3.55. The number of anilines is 1. The molecule has 1 aliphatic heterocycles. The van der Waals surface area contributed by atoms with Gasteiger partial charge in [-0.1, -0.05) is 50.6 Å². The first-order chi connectivity index (χ1) is 16.4. The monoisotopic (exact) mass is 463 g/mol. The van der Waals surface area contributed by atoms with Gasteiger partial charge in [0.2, 0.25) is 11.8 Å². The van der Waals surface area contributed by atoms with Crippen LogP contribution in [0.5, 0.6) is 0 Å². The summed E-state index contributed by atoms with van der Waals surface area (Å²) in [6.07, 6.45) is 4.30. The van der Waals surface area contributed by atoms with Crippen LogP contribution in [0.2, 0.25) is 0 Å². The van der Waals surface area contributed by atoms with Crippen LogP contribution in [0.1, 0.15) is 44.5 Å². The number of hydrogen-bond acceptors (Lipinski definition) is 4. The maximum atomic E-state index is 14.6. The minimum atomic E-state index is -0.802. The van der Waals surface area contributed by atoms with E-state index in [4.69, 9.17) is 0 Å². The number of nitrogens with one attached hydrogen (secondary N) is 2. The van der Waals surface area contributed by atoms with E-state index < -0.39 is 17.8 Å². The first-order valence-electron chi connectivity index (χ1n) is 11.8. The molecule has 0 bridgehead atoms. The van der Waals surface area contributed by atoms with Crippen molar-refractivity contribution < 1.29 is 14.0 Å². The number of halogens is 1. The number of carbonyl (C=O) groups is 2. The Morgan fingerprint density at radius 3 is 2.62 bits per heavy atom. The predicted molar refractivity (Wildman–Crippen MR) is 129 cm³/mol. The van der Waals surface area contributed by atoms with Crippen molar-refractivity contribution in [1.82, 2.24) is 20.1 Å². The first kappa shape index (κ1) is 23.6. The van der Waals surface area contributed by atoms with Gasteiger partial charge in [-0.3, -0.25) is 9.59 Å². The molecule has 2 amide bonds. The highest BCUT2D eigenvalue weighted by molar-refractivity contribution is 5.98. The topological polar surface area (TPSA) is 88.9 Å². The van der Waals surface area contributed by atoms with Gasteiger partial charge in [0.1, 0.15) is 17.7 Å². The zero-order chi connectivity index (χ0) is 24.1. The zero-order valence-electron chi connectivity index (χ0n) is 19.6. The molecule has 3 aromatic rings. The molecule has 0 aliphatic carbocycles. The van der Waals surface area contributed by atoms with Crippen LogP contribution in [0, 0.1) is 11.7 Å². The molecule has 4 rings (SSSR count). The number of rotatable bonds is 7. The van der Waals surface area contributed by atoms with Crippen LogP contribution < -0.4 is 10.6 Å². The van der Waals surface area contributed by atoms with Crippen molar-refractivity contribution in [2.24, 2.45) is 5.92 Å². The van der Waals surface area contributed by atoms with E-state index in [-0.39, 0.29) is 23.9 Å². The van der Waals surface area contributed by atoms with Gasteiger partial charge >= 0.3 is 0 Å². The van der Waals surface area contributed by atoms with Crippen molar-refractivity contribution in [3.63, 3.8) is 0 Å². The second kappa shape index (κ2) is 10.6. The summed E-state index contributed by atoms with van der Waals surface area (Å²) >= 11 is 0. The molecule has 0 radical (unpaired) electrons. The number of carbonyl (C=O) groups excluding carboxylic acids is 2. The quantitative estimate of drug-likeness (QED) is 0.551. The van der Waals surface area contributed by atoms with Crippen LogP contribution in [0.3, 0.4) is 0 Å². The van der Waals surface area contributed by atoms with Crippen molar-refractivity contribution in [2.75, 3.05) is 5.32 Å². The van der Waals surface area contributed by atoms with E-state index >= 15 is 0 Å². The third-order valence-corrected chi connectivity index (χ3v) is 6.07. The van der Waals surface area contributed by atoms with E-state index in [1.165, 1.54) is 6.07 Å². The summed E-state index contributed by atoms with van der Waals surface area (Å²) in [7, 11) is 0. The molecule has 1 aromatic heterocycles. The van der Waals surface area contributed by atoms with Crippen molar-refractivity contribution in [2.45, 2.75) is 58.5 Å². The Bertz CT molecular complexity index is 1160. The summed E-state index contributed by atoms with van der Waals surface area (Å²) in [5, 5.41) is 14.1. The molecular weight excluding hydrogens is 433 g/mol. The van der Waals surface area contributed by atoms with Gasteiger partial charge < -0.3 is 15.2 Å². The zero-order valence-corrected chi connectivity index (χ0v) is 19.6.